The van der Waals surface area contributed by atoms with Gasteiger partial charge in [0.15, 0.2) is 0 Å². The van der Waals surface area contributed by atoms with Crippen molar-refractivity contribution in [3.05, 3.63) is 24.3 Å². The molecule has 2 rings (SSSR count). The van der Waals surface area contributed by atoms with Gasteiger partial charge in [-0.1, -0.05) is 0 Å². The van der Waals surface area contributed by atoms with E-state index < -0.39 is 0 Å². The lowest BCUT2D eigenvalue weighted by Gasteiger charge is -2.28. The Balaban J connectivity index is 1.84. The average Bonchev–Trinajstić information content (AvgIpc) is 2.33. The second-order valence-corrected chi connectivity index (χ2v) is 5.61. The maximum absolute atomic E-state index is 5.67. The first-order valence-electron chi connectivity index (χ1n) is 5.93. The van der Waals surface area contributed by atoms with Gasteiger partial charge in [0.2, 0.25) is 0 Å². The van der Waals surface area contributed by atoms with E-state index in [9.17, 15) is 0 Å². The van der Waals surface area contributed by atoms with Crippen molar-refractivity contribution in [2.75, 3.05) is 17.3 Å². The van der Waals surface area contributed by atoms with E-state index in [1.807, 2.05) is 23.9 Å². The largest absolute Gasteiger partial charge is 0.399 e. The zero-order chi connectivity index (χ0) is 11.4. The summed E-state index contributed by atoms with van der Waals surface area (Å²) in [5, 5.41) is 4.47. The molecular formula is C13H20N2S. The van der Waals surface area contributed by atoms with Crippen LogP contribution in [0.2, 0.25) is 0 Å². The molecule has 3 N–H and O–H groups in total. The van der Waals surface area contributed by atoms with Crippen molar-refractivity contribution in [2.24, 2.45) is 0 Å². The minimum atomic E-state index is 0.645. The second kappa shape index (κ2) is 5.48. The summed E-state index contributed by atoms with van der Waals surface area (Å²) < 4.78 is 0. The minimum absolute atomic E-state index is 0.645. The zero-order valence-corrected chi connectivity index (χ0v) is 10.6. The van der Waals surface area contributed by atoms with Crippen LogP contribution in [0.3, 0.4) is 0 Å². The molecule has 0 aromatic heterocycles. The first-order chi connectivity index (χ1) is 7.78. The number of nitrogens with one attached hydrogen (secondary N) is 1. The van der Waals surface area contributed by atoms with E-state index in [-0.39, 0.29) is 0 Å². The van der Waals surface area contributed by atoms with Gasteiger partial charge in [-0.3, -0.25) is 0 Å². The Bertz CT molecular complexity index is 315. The lowest BCUT2D eigenvalue weighted by Crippen LogP contribution is -2.26. The van der Waals surface area contributed by atoms with Gasteiger partial charge in [0.05, 0.1) is 0 Å². The van der Waals surface area contributed by atoms with Crippen molar-refractivity contribution in [3.8, 4) is 0 Å². The molecule has 1 aromatic rings. The number of nitrogen functional groups attached to an aromatic ring is 1. The molecule has 0 unspecified atom stereocenters. The molecule has 1 aliphatic carbocycles. The number of rotatable bonds is 3. The zero-order valence-electron chi connectivity index (χ0n) is 9.78. The molecule has 0 radical (unpaired) electrons. The van der Waals surface area contributed by atoms with Crippen LogP contribution in [0, 0.1) is 0 Å². The third-order valence-corrected chi connectivity index (χ3v) is 4.43. The summed E-state index contributed by atoms with van der Waals surface area (Å²) in [6, 6.07) is 8.68. The maximum atomic E-state index is 5.67. The number of hydrogen-bond donors (Lipinski definition) is 2. The van der Waals surface area contributed by atoms with Crippen LogP contribution in [-0.2, 0) is 0 Å². The molecule has 0 atom stereocenters. The number of benzene rings is 1. The monoisotopic (exact) mass is 236 g/mol. The molecule has 1 aliphatic rings. The molecule has 1 fully saturated rings. The topological polar surface area (TPSA) is 38.0 Å². The van der Waals surface area contributed by atoms with Gasteiger partial charge >= 0.3 is 0 Å². The van der Waals surface area contributed by atoms with Gasteiger partial charge in [0.1, 0.15) is 0 Å². The molecule has 2 nitrogen and oxygen atoms in total. The van der Waals surface area contributed by atoms with Crippen LogP contribution in [0.25, 0.3) is 0 Å². The van der Waals surface area contributed by atoms with E-state index in [1.54, 1.807) is 0 Å². The lowest BCUT2D eigenvalue weighted by atomic mass is 9.95. The Kier molecular flexibility index (Phi) is 3.99. The molecule has 0 heterocycles. The van der Waals surface area contributed by atoms with Crippen LogP contribution >= 0.6 is 11.8 Å². The van der Waals surface area contributed by atoms with Crippen molar-refractivity contribution in [2.45, 2.75) is 37.0 Å². The molecule has 0 spiro atoms. The van der Waals surface area contributed by atoms with Gasteiger partial charge in [0.25, 0.3) is 0 Å². The van der Waals surface area contributed by atoms with Gasteiger partial charge in [-0.2, -0.15) is 11.8 Å². The highest BCUT2D eigenvalue weighted by Gasteiger charge is 2.19. The van der Waals surface area contributed by atoms with Crippen LogP contribution in [0.15, 0.2) is 24.3 Å². The summed E-state index contributed by atoms with van der Waals surface area (Å²) >= 11 is 2.01. The van der Waals surface area contributed by atoms with E-state index in [0.717, 1.165) is 10.9 Å². The Morgan fingerprint density at radius 2 is 1.75 bits per heavy atom. The van der Waals surface area contributed by atoms with E-state index >= 15 is 0 Å². The third kappa shape index (κ3) is 3.08. The number of nitrogens with two attached hydrogens (primary N) is 1. The molecule has 3 heteroatoms. The Labute approximate surface area is 102 Å². The van der Waals surface area contributed by atoms with Crippen molar-refractivity contribution >= 4 is 23.1 Å². The van der Waals surface area contributed by atoms with Crippen molar-refractivity contribution in [1.29, 1.82) is 0 Å². The number of anilines is 2. The fraction of sp³-hybridized carbons (Fsp3) is 0.538. The fourth-order valence-electron chi connectivity index (χ4n) is 2.26. The second-order valence-electron chi connectivity index (χ2n) is 4.48. The van der Waals surface area contributed by atoms with Crippen molar-refractivity contribution < 1.29 is 0 Å². The maximum Gasteiger partial charge on any atom is 0.0343 e. The normalized spacial score (nSPS) is 25.3. The van der Waals surface area contributed by atoms with Crippen LogP contribution in [0.4, 0.5) is 11.4 Å². The van der Waals surface area contributed by atoms with Gasteiger partial charge in [-0.15, -0.1) is 0 Å². The van der Waals surface area contributed by atoms with Crippen LogP contribution < -0.4 is 11.1 Å². The molecule has 0 amide bonds. The van der Waals surface area contributed by atoms with E-state index in [1.165, 1.54) is 31.4 Å². The third-order valence-electron chi connectivity index (χ3n) is 3.29. The Morgan fingerprint density at radius 3 is 2.31 bits per heavy atom. The minimum Gasteiger partial charge on any atom is -0.399 e. The highest BCUT2D eigenvalue weighted by molar-refractivity contribution is 7.99. The molecule has 0 bridgehead atoms. The molecule has 1 saturated carbocycles. The lowest BCUT2D eigenvalue weighted by molar-refractivity contribution is 0.473. The number of thioether (sulfide) groups is 1. The van der Waals surface area contributed by atoms with Gasteiger partial charge in [-0.25, -0.2) is 0 Å². The number of hydrogen-bond acceptors (Lipinski definition) is 3. The van der Waals surface area contributed by atoms with E-state index in [4.69, 9.17) is 5.73 Å². The van der Waals surface area contributed by atoms with Crippen LogP contribution in [-0.4, -0.2) is 17.5 Å². The summed E-state index contributed by atoms with van der Waals surface area (Å²) in [4.78, 5) is 0. The Hall–Kier alpha value is -0.830. The average molecular weight is 236 g/mol. The van der Waals surface area contributed by atoms with E-state index in [0.29, 0.717) is 6.04 Å². The van der Waals surface area contributed by atoms with Crippen molar-refractivity contribution in [1.82, 2.24) is 0 Å². The van der Waals surface area contributed by atoms with Crippen LogP contribution in [0.5, 0.6) is 0 Å². The van der Waals surface area contributed by atoms with Gasteiger partial charge < -0.3 is 11.1 Å². The summed E-state index contributed by atoms with van der Waals surface area (Å²) in [6.07, 6.45) is 7.48. The first kappa shape index (κ1) is 11.6. The SMILES string of the molecule is CSC1CCC(Nc2ccc(N)cc2)CC1. The fourth-order valence-corrected chi connectivity index (χ4v) is 3.00. The summed E-state index contributed by atoms with van der Waals surface area (Å²) in [5.41, 5.74) is 7.69. The summed E-state index contributed by atoms with van der Waals surface area (Å²) in [7, 11) is 0. The Morgan fingerprint density at radius 1 is 1.12 bits per heavy atom. The predicted octanol–water partition coefficient (Wildman–Crippen LogP) is 3.35. The summed E-state index contributed by atoms with van der Waals surface area (Å²) in [6.45, 7) is 0. The van der Waals surface area contributed by atoms with Crippen molar-refractivity contribution in [3.63, 3.8) is 0 Å². The first-order valence-corrected chi connectivity index (χ1v) is 7.21. The van der Waals surface area contributed by atoms with E-state index in [2.05, 4.69) is 23.7 Å². The highest BCUT2D eigenvalue weighted by Crippen LogP contribution is 2.28. The quantitative estimate of drug-likeness (QED) is 0.790. The van der Waals surface area contributed by atoms with Crippen LogP contribution in [0.1, 0.15) is 25.7 Å². The molecule has 1 aromatic carbocycles. The predicted molar refractivity (Wildman–Crippen MR) is 74.0 cm³/mol. The summed E-state index contributed by atoms with van der Waals surface area (Å²) in [5.74, 6) is 0. The smallest absolute Gasteiger partial charge is 0.0343 e. The molecule has 16 heavy (non-hydrogen) atoms. The van der Waals surface area contributed by atoms with Gasteiger partial charge in [0, 0.05) is 22.7 Å². The molecular weight excluding hydrogens is 216 g/mol. The molecule has 0 aliphatic heterocycles. The standard InChI is InChI=1S/C13H20N2S/c1-16-13-8-6-12(7-9-13)15-11-4-2-10(14)3-5-11/h2-5,12-13,15H,6-9,14H2,1H3. The highest BCUT2D eigenvalue weighted by atomic mass is 32.2. The van der Waals surface area contributed by atoms with Gasteiger partial charge in [-0.05, 0) is 56.2 Å². The molecule has 0 saturated heterocycles. The molecule has 88 valence electrons.